The van der Waals surface area contributed by atoms with E-state index in [1.165, 1.54) is 12.8 Å². The van der Waals surface area contributed by atoms with Crippen LogP contribution in [0.5, 0.6) is 0 Å². The van der Waals surface area contributed by atoms with E-state index in [4.69, 9.17) is 0 Å². The molecule has 90 valence electrons. The summed E-state index contributed by atoms with van der Waals surface area (Å²) in [7, 11) is 1.92. The maximum Gasteiger partial charge on any atom is 0.140 e. The summed E-state index contributed by atoms with van der Waals surface area (Å²) in [5, 5.41) is 7.45. The average Bonchev–Trinajstić information content (AvgIpc) is 3.04. The molecular weight excluding hydrogens is 202 g/mol. The quantitative estimate of drug-likeness (QED) is 0.679. The summed E-state index contributed by atoms with van der Waals surface area (Å²) >= 11 is 0. The SMILES string of the molecule is CCN(CCNCc1ncnn1C)C1CC1. The van der Waals surface area contributed by atoms with Crippen molar-refractivity contribution in [2.24, 2.45) is 7.05 Å². The molecule has 0 bridgehead atoms. The van der Waals surface area contributed by atoms with Crippen molar-refractivity contribution >= 4 is 0 Å². The third kappa shape index (κ3) is 3.02. The molecule has 0 aromatic carbocycles. The second kappa shape index (κ2) is 5.41. The van der Waals surface area contributed by atoms with Gasteiger partial charge in [-0.05, 0) is 19.4 Å². The Morgan fingerprint density at radius 2 is 2.38 bits per heavy atom. The molecule has 1 aromatic heterocycles. The first-order chi connectivity index (χ1) is 7.81. The second-order valence-electron chi connectivity index (χ2n) is 4.34. The normalized spacial score (nSPS) is 15.9. The number of aromatic nitrogens is 3. The van der Waals surface area contributed by atoms with Gasteiger partial charge in [-0.3, -0.25) is 9.58 Å². The molecule has 5 heteroatoms. The summed E-state index contributed by atoms with van der Waals surface area (Å²) in [5.74, 6) is 0.995. The van der Waals surface area contributed by atoms with E-state index >= 15 is 0 Å². The zero-order valence-electron chi connectivity index (χ0n) is 10.2. The number of hydrogen-bond donors (Lipinski definition) is 1. The lowest BCUT2D eigenvalue weighted by molar-refractivity contribution is 0.276. The Morgan fingerprint density at radius 3 is 2.94 bits per heavy atom. The molecular formula is C11H21N5. The van der Waals surface area contributed by atoms with E-state index in [-0.39, 0.29) is 0 Å². The number of nitrogens with one attached hydrogen (secondary N) is 1. The molecule has 0 saturated heterocycles. The predicted molar refractivity (Wildman–Crippen MR) is 63.0 cm³/mol. The highest BCUT2D eigenvalue weighted by molar-refractivity contribution is 4.85. The van der Waals surface area contributed by atoms with Gasteiger partial charge in [0.1, 0.15) is 12.2 Å². The molecule has 0 atom stereocenters. The van der Waals surface area contributed by atoms with E-state index < -0.39 is 0 Å². The van der Waals surface area contributed by atoms with E-state index in [9.17, 15) is 0 Å². The molecule has 0 unspecified atom stereocenters. The number of rotatable bonds is 7. The Morgan fingerprint density at radius 1 is 1.56 bits per heavy atom. The highest BCUT2D eigenvalue weighted by Crippen LogP contribution is 2.25. The highest BCUT2D eigenvalue weighted by Gasteiger charge is 2.26. The molecule has 0 aliphatic heterocycles. The summed E-state index contributed by atoms with van der Waals surface area (Å²) in [5.41, 5.74) is 0. The van der Waals surface area contributed by atoms with Gasteiger partial charge < -0.3 is 5.32 Å². The second-order valence-corrected chi connectivity index (χ2v) is 4.34. The van der Waals surface area contributed by atoms with Crippen molar-refractivity contribution in [1.82, 2.24) is 25.0 Å². The Hall–Kier alpha value is -0.940. The minimum absolute atomic E-state index is 0.804. The van der Waals surface area contributed by atoms with Crippen molar-refractivity contribution in [3.63, 3.8) is 0 Å². The molecule has 1 fully saturated rings. The van der Waals surface area contributed by atoms with E-state index in [0.717, 1.165) is 38.0 Å². The van der Waals surface area contributed by atoms with Gasteiger partial charge >= 0.3 is 0 Å². The third-order valence-corrected chi connectivity index (χ3v) is 3.13. The van der Waals surface area contributed by atoms with Crippen LogP contribution in [0.25, 0.3) is 0 Å². The maximum atomic E-state index is 4.18. The van der Waals surface area contributed by atoms with Gasteiger partial charge in [0.15, 0.2) is 0 Å². The highest BCUT2D eigenvalue weighted by atomic mass is 15.3. The Bertz CT molecular complexity index is 318. The summed E-state index contributed by atoms with van der Waals surface area (Å²) in [6, 6.07) is 0.863. The molecule has 1 aromatic rings. The van der Waals surface area contributed by atoms with Crippen LogP contribution in [-0.2, 0) is 13.6 Å². The van der Waals surface area contributed by atoms with Crippen LogP contribution in [-0.4, -0.2) is 45.3 Å². The van der Waals surface area contributed by atoms with Crippen LogP contribution in [0.4, 0.5) is 0 Å². The molecule has 1 saturated carbocycles. The fourth-order valence-electron chi connectivity index (χ4n) is 1.94. The minimum Gasteiger partial charge on any atom is -0.309 e. The number of aryl methyl sites for hydroxylation is 1. The van der Waals surface area contributed by atoms with Crippen LogP contribution < -0.4 is 5.32 Å². The molecule has 0 amide bonds. The molecule has 5 nitrogen and oxygen atoms in total. The van der Waals surface area contributed by atoms with Crippen molar-refractivity contribution in [1.29, 1.82) is 0 Å². The zero-order valence-corrected chi connectivity index (χ0v) is 10.2. The number of likely N-dealkylation sites (N-methyl/N-ethyl adjacent to an activating group) is 1. The molecule has 1 heterocycles. The van der Waals surface area contributed by atoms with Crippen molar-refractivity contribution in [3.05, 3.63) is 12.2 Å². The molecule has 0 radical (unpaired) electrons. The van der Waals surface area contributed by atoms with Crippen molar-refractivity contribution in [2.75, 3.05) is 19.6 Å². The van der Waals surface area contributed by atoms with Crippen LogP contribution in [0, 0.1) is 0 Å². The monoisotopic (exact) mass is 223 g/mol. The lowest BCUT2D eigenvalue weighted by Gasteiger charge is -2.19. The standard InChI is InChI=1S/C11H21N5/c1-3-16(10-4-5-10)7-6-12-8-11-13-9-14-15(11)2/h9-10,12H,3-8H2,1-2H3. The predicted octanol–water partition coefficient (Wildman–Crippen LogP) is 0.389. The van der Waals surface area contributed by atoms with E-state index in [0.29, 0.717) is 0 Å². The summed E-state index contributed by atoms with van der Waals surface area (Å²) in [6.07, 6.45) is 4.37. The van der Waals surface area contributed by atoms with Gasteiger partial charge in [-0.15, -0.1) is 0 Å². The summed E-state index contributed by atoms with van der Waals surface area (Å²) in [6.45, 7) is 6.37. The van der Waals surface area contributed by atoms with Gasteiger partial charge in [-0.2, -0.15) is 5.10 Å². The van der Waals surface area contributed by atoms with Gasteiger partial charge in [-0.1, -0.05) is 6.92 Å². The lowest BCUT2D eigenvalue weighted by Crippen LogP contribution is -2.33. The Kier molecular flexibility index (Phi) is 3.90. The van der Waals surface area contributed by atoms with Gasteiger partial charge in [-0.25, -0.2) is 4.98 Å². The minimum atomic E-state index is 0.804. The van der Waals surface area contributed by atoms with E-state index in [1.807, 2.05) is 11.7 Å². The van der Waals surface area contributed by atoms with Crippen LogP contribution in [0.3, 0.4) is 0 Å². The third-order valence-electron chi connectivity index (χ3n) is 3.13. The van der Waals surface area contributed by atoms with Gasteiger partial charge in [0, 0.05) is 26.2 Å². The molecule has 0 spiro atoms. The molecule has 1 N–H and O–H groups in total. The smallest absolute Gasteiger partial charge is 0.140 e. The van der Waals surface area contributed by atoms with Gasteiger partial charge in [0.2, 0.25) is 0 Å². The lowest BCUT2D eigenvalue weighted by atomic mass is 10.4. The van der Waals surface area contributed by atoms with Gasteiger partial charge in [0.25, 0.3) is 0 Å². The Balaban J connectivity index is 1.62. The van der Waals surface area contributed by atoms with Crippen molar-refractivity contribution in [2.45, 2.75) is 32.4 Å². The largest absolute Gasteiger partial charge is 0.309 e. The van der Waals surface area contributed by atoms with Crippen LogP contribution in [0.2, 0.25) is 0 Å². The first kappa shape index (κ1) is 11.5. The molecule has 2 rings (SSSR count). The van der Waals surface area contributed by atoms with Crippen LogP contribution in [0.15, 0.2) is 6.33 Å². The first-order valence-electron chi connectivity index (χ1n) is 6.09. The summed E-state index contributed by atoms with van der Waals surface area (Å²) in [4.78, 5) is 6.72. The van der Waals surface area contributed by atoms with Crippen LogP contribution >= 0.6 is 0 Å². The zero-order chi connectivity index (χ0) is 11.4. The van der Waals surface area contributed by atoms with Crippen LogP contribution in [0.1, 0.15) is 25.6 Å². The summed E-state index contributed by atoms with van der Waals surface area (Å²) < 4.78 is 1.81. The van der Waals surface area contributed by atoms with Crippen molar-refractivity contribution < 1.29 is 0 Å². The van der Waals surface area contributed by atoms with Crippen molar-refractivity contribution in [3.8, 4) is 0 Å². The average molecular weight is 223 g/mol. The maximum absolute atomic E-state index is 4.18. The molecule has 1 aliphatic rings. The number of nitrogens with zero attached hydrogens (tertiary/aromatic N) is 4. The fourth-order valence-corrected chi connectivity index (χ4v) is 1.94. The molecule has 1 aliphatic carbocycles. The Labute approximate surface area is 96.8 Å². The topological polar surface area (TPSA) is 46.0 Å². The first-order valence-corrected chi connectivity index (χ1v) is 6.09. The fraction of sp³-hybridized carbons (Fsp3) is 0.818. The van der Waals surface area contributed by atoms with Gasteiger partial charge in [0.05, 0.1) is 6.54 Å². The van der Waals surface area contributed by atoms with E-state index in [2.05, 4.69) is 27.2 Å². The molecule has 16 heavy (non-hydrogen) atoms. The number of hydrogen-bond acceptors (Lipinski definition) is 4. The van der Waals surface area contributed by atoms with E-state index in [1.54, 1.807) is 6.33 Å².